The molecular weight excluding hydrogens is 546 g/mol. The molecule has 0 spiro atoms. The SMILES string of the molecule is CC.CNCCCC(C)NC(=O)OC(C)(C)C.Nc1c(NCc2ccccc2Cl)c(=O)[nH]c2ccc(C(=O)O)cc12. The van der Waals surface area contributed by atoms with Crippen molar-refractivity contribution in [1.82, 2.24) is 15.6 Å². The maximum absolute atomic E-state index is 12.2. The Morgan fingerprint density at radius 1 is 1.15 bits per heavy atom. The number of hydrogen-bond donors (Lipinski definition) is 6. The van der Waals surface area contributed by atoms with Gasteiger partial charge in [-0.05, 0) is 84.0 Å². The van der Waals surface area contributed by atoms with Crippen LogP contribution in [0.3, 0.4) is 0 Å². The number of nitrogen functional groups attached to an aromatic ring is 1. The van der Waals surface area contributed by atoms with Crippen molar-refractivity contribution >= 4 is 45.9 Å². The molecule has 11 heteroatoms. The molecule has 7 N–H and O–H groups in total. The van der Waals surface area contributed by atoms with E-state index in [4.69, 9.17) is 27.2 Å². The molecule has 41 heavy (non-hydrogen) atoms. The van der Waals surface area contributed by atoms with E-state index < -0.39 is 11.6 Å². The van der Waals surface area contributed by atoms with Crippen LogP contribution in [0, 0.1) is 0 Å². The normalized spacial score (nSPS) is 11.3. The molecule has 3 rings (SSSR count). The highest BCUT2D eigenvalue weighted by atomic mass is 35.5. The minimum atomic E-state index is -1.06. The van der Waals surface area contributed by atoms with E-state index >= 15 is 0 Å². The van der Waals surface area contributed by atoms with Crippen molar-refractivity contribution in [3.63, 3.8) is 0 Å². The fourth-order valence-corrected chi connectivity index (χ4v) is 3.82. The van der Waals surface area contributed by atoms with Crippen molar-refractivity contribution in [3.05, 3.63) is 69.0 Å². The van der Waals surface area contributed by atoms with Gasteiger partial charge < -0.3 is 36.5 Å². The molecule has 0 saturated carbocycles. The molecule has 0 saturated heterocycles. The summed E-state index contributed by atoms with van der Waals surface area (Å²) in [5, 5.41) is 19.0. The lowest BCUT2D eigenvalue weighted by atomic mass is 10.1. The number of carboxylic acid groups (broad SMARTS) is 1. The Bertz CT molecular complexity index is 1340. The number of halogens is 1. The standard InChI is InChI=1S/C17H14ClN3O3.C11H24N2O2.C2H6/c18-12-4-2-1-3-10(12)8-20-15-14(19)11-7-9(17(23)24)5-6-13(11)21-16(15)22;1-9(7-6-8-12-5)13-10(14)15-11(2,3)4;1-2/h1-7,20H,8H2,(H,23,24)(H3,19,21,22);9,12H,6-8H2,1-5H3,(H,13,14);1-2H3. The summed E-state index contributed by atoms with van der Waals surface area (Å²) in [6.07, 6.45) is 1.67. The predicted molar refractivity (Wildman–Crippen MR) is 168 cm³/mol. The summed E-state index contributed by atoms with van der Waals surface area (Å²) in [5.74, 6) is -1.06. The second-order valence-electron chi connectivity index (χ2n) is 10.0. The van der Waals surface area contributed by atoms with Crippen molar-refractivity contribution in [2.45, 2.75) is 72.6 Å². The number of rotatable bonds is 9. The van der Waals surface area contributed by atoms with Crippen LogP contribution >= 0.6 is 11.6 Å². The van der Waals surface area contributed by atoms with Gasteiger partial charge in [-0.25, -0.2) is 9.59 Å². The largest absolute Gasteiger partial charge is 0.478 e. The van der Waals surface area contributed by atoms with E-state index in [0.717, 1.165) is 24.9 Å². The van der Waals surface area contributed by atoms with Crippen molar-refractivity contribution in [2.75, 3.05) is 24.6 Å². The number of carboxylic acids is 1. The number of H-pyrrole nitrogens is 1. The number of aromatic nitrogens is 1. The van der Waals surface area contributed by atoms with Gasteiger partial charge >= 0.3 is 12.1 Å². The van der Waals surface area contributed by atoms with Gasteiger partial charge in [-0.15, -0.1) is 0 Å². The Balaban J connectivity index is 0.000000429. The summed E-state index contributed by atoms with van der Waals surface area (Å²) in [4.78, 5) is 37.4. The summed E-state index contributed by atoms with van der Waals surface area (Å²) >= 11 is 6.10. The highest BCUT2D eigenvalue weighted by Gasteiger charge is 2.17. The number of carbonyl (C=O) groups is 2. The summed E-state index contributed by atoms with van der Waals surface area (Å²) in [6.45, 7) is 12.9. The van der Waals surface area contributed by atoms with E-state index in [0.29, 0.717) is 22.5 Å². The molecule has 0 fully saturated rings. The molecule has 1 aromatic heterocycles. The highest BCUT2D eigenvalue weighted by molar-refractivity contribution is 6.31. The first-order valence-corrected chi connectivity index (χ1v) is 14.0. The first kappa shape index (κ1) is 35.3. The zero-order chi connectivity index (χ0) is 31.2. The van der Waals surface area contributed by atoms with Crippen LogP contribution in [-0.2, 0) is 11.3 Å². The third kappa shape index (κ3) is 12.1. The lowest BCUT2D eigenvalue weighted by molar-refractivity contribution is 0.0505. The van der Waals surface area contributed by atoms with Crippen LogP contribution < -0.4 is 27.2 Å². The van der Waals surface area contributed by atoms with Crippen molar-refractivity contribution in [2.24, 2.45) is 0 Å². The summed E-state index contributed by atoms with van der Waals surface area (Å²) < 4.78 is 5.15. The molecule has 0 aliphatic carbocycles. The van der Waals surface area contributed by atoms with Gasteiger partial charge in [0.05, 0.1) is 16.8 Å². The third-order valence-electron chi connectivity index (χ3n) is 5.54. The first-order valence-electron chi connectivity index (χ1n) is 13.6. The Morgan fingerprint density at radius 3 is 2.39 bits per heavy atom. The molecule has 3 aromatic rings. The number of fused-ring (bicyclic) bond motifs is 1. The number of pyridine rings is 1. The Kier molecular flexibility index (Phi) is 14.7. The molecular formula is C30H44ClN5O5. The summed E-state index contributed by atoms with van der Waals surface area (Å²) in [6, 6.07) is 11.8. The van der Waals surface area contributed by atoms with E-state index in [1.807, 2.05) is 66.8 Å². The second kappa shape index (κ2) is 17.1. The van der Waals surface area contributed by atoms with Crippen molar-refractivity contribution < 1.29 is 19.4 Å². The number of nitrogens with two attached hydrogens (primary N) is 1. The maximum Gasteiger partial charge on any atom is 0.407 e. The van der Waals surface area contributed by atoms with Crippen LogP contribution in [0.2, 0.25) is 5.02 Å². The van der Waals surface area contributed by atoms with E-state index in [2.05, 4.69) is 20.9 Å². The average Bonchev–Trinajstić information content (AvgIpc) is 2.90. The predicted octanol–water partition coefficient (Wildman–Crippen LogP) is 6.00. The van der Waals surface area contributed by atoms with Gasteiger partial charge in [-0.3, -0.25) is 4.79 Å². The van der Waals surface area contributed by atoms with Gasteiger partial charge in [-0.2, -0.15) is 0 Å². The van der Waals surface area contributed by atoms with Crippen molar-refractivity contribution in [1.29, 1.82) is 0 Å². The number of amides is 1. The number of benzene rings is 2. The Labute approximate surface area is 247 Å². The fraction of sp³-hybridized carbons (Fsp3) is 0.433. The summed E-state index contributed by atoms with van der Waals surface area (Å²) in [5.41, 5.74) is 7.05. The van der Waals surface area contributed by atoms with Crippen LogP contribution in [-0.4, -0.2) is 47.4 Å². The van der Waals surface area contributed by atoms with E-state index in [9.17, 15) is 14.4 Å². The van der Waals surface area contributed by atoms with Gasteiger partial charge in [0.15, 0.2) is 0 Å². The number of aromatic amines is 1. The lowest BCUT2D eigenvalue weighted by Crippen LogP contribution is -2.37. The molecule has 0 aliphatic rings. The number of alkyl carbamates (subject to hydrolysis) is 1. The van der Waals surface area contributed by atoms with Crippen LogP contribution in [0.1, 0.15) is 70.3 Å². The Morgan fingerprint density at radius 2 is 1.80 bits per heavy atom. The number of aromatic carboxylic acids is 1. The van der Waals surface area contributed by atoms with Crippen LogP contribution in [0.5, 0.6) is 0 Å². The van der Waals surface area contributed by atoms with Gasteiger partial charge in [0.1, 0.15) is 11.3 Å². The van der Waals surface area contributed by atoms with E-state index in [1.54, 1.807) is 6.07 Å². The second-order valence-corrected chi connectivity index (χ2v) is 10.5. The lowest BCUT2D eigenvalue weighted by Gasteiger charge is -2.21. The van der Waals surface area contributed by atoms with Crippen LogP contribution in [0.25, 0.3) is 10.9 Å². The average molecular weight is 590 g/mol. The van der Waals surface area contributed by atoms with Gasteiger partial charge in [0, 0.05) is 23.0 Å². The molecule has 1 unspecified atom stereocenters. The zero-order valence-corrected chi connectivity index (χ0v) is 25.7. The third-order valence-corrected chi connectivity index (χ3v) is 5.91. The molecule has 0 radical (unpaired) electrons. The molecule has 10 nitrogen and oxygen atoms in total. The highest BCUT2D eigenvalue weighted by Crippen LogP contribution is 2.26. The van der Waals surface area contributed by atoms with Crippen LogP contribution in [0.4, 0.5) is 16.2 Å². The van der Waals surface area contributed by atoms with Gasteiger partial charge in [0.25, 0.3) is 5.56 Å². The number of hydrogen-bond acceptors (Lipinski definition) is 7. The molecule has 2 aromatic carbocycles. The number of nitrogens with one attached hydrogen (secondary N) is 4. The number of ether oxygens (including phenoxy) is 1. The molecule has 0 bridgehead atoms. The van der Waals surface area contributed by atoms with Crippen molar-refractivity contribution in [3.8, 4) is 0 Å². The number of anilines is 2. The van der Waals surface area contributed by atoms with Gasteiger partial charge in [0.2, 0.25) is 0 Å². The molecule has 0 aliphatic heterocycles. The monoisotopic (exact) mass is 589 g/mol. The van der Waals surface area contributed by atoms with Gasteiger partial charge in [-0.1, -0.05) is 43.6 Å². The molecule has 1 atom stereocenters. The minimum Gasteiger partial charge on any atom is -0.478 e. The maximum atomic E-state index is 12.2. The van der Waals surface area contributed by atoms with E-state index in [-0.39, 0.29) is 34.6 Å². The fourth-order valence-electron chi connectivity index (χ4n) is 3.62. The molecule has 226 valence electrons. The molecule has 1 amide bonds. The number of carbonyl (C=O) groups excluding carboxylic acids is 1. The quantitative estimate of drug-likeness (QED) is 0.166. The minimum absolute atomic E-state index is 0.0957. The zero-order valence-electron chi connectivity index (χ0n) is 25.0. The molecule has 1 heterocycles. The topological polar surface area (TPSA) is 159 Å². The van der Waals surface area contributed by atoms with E-state index in [1.165, 1.54) is 18.2 Å². The Hall–Kier alpha value is -3.76. The summed E-state index contributed by atoms with van der Waals surface area (Å²) in [7, 11) is 1.92. The smallest absolute Gasteiger partial charge is 0.407 e. The van der Waals surface area contributed by atoms with Crippen LogP contribution in [0.15, 0.2) is 47.3 Å². The first-order chi connectivity index (χ1) is 19.3.